The number of ether oxygens (including phenoxy) is 1. The lowest BCUT2D eigenvalue weighted by molar-refractivity contribution is -0.181. The molecule has 0 bridgehead atoms. The van der Waals surface area contributed by atoms with E-state index in [0.29, 0.717) is 17.3 Å². The first-order valence-electron chi connectivity index (χ1n) is 8.33. The van der Waals surface area contributed by atoms with Crippen LogP contribution in [0.5, 0.6) is 0 Å². The SMILES string of the molecule is c1ccc([C@@H]2CC3(COC3)[C@H]2c2ccc3ccccc3c2)nc1. The Morgan fingerprint density at radius 2 is 1.74 bits per heavy atom. The number of nitrogens with zero attached hydrogens (tertiary/aromatic N) is 1. The van der Waals surface area contributed by atoms with Gasteiger partial charge >= 0.3 is 0 Å². The molecule has 1 aliphatic heterocycles. The molecule has 0 radical (unpaired) electrons. The number of aromatic nitrogens is 1. The second kappa shape index (κ2) is 4.90. The molecule has 2 nitrogen and oxygen atoms in total. The van der Waals surface area contributed by atoms with Crippen LogP contribution in [0.1, 0.15) is 29.5 Å². The minimum atomic E-state index is 0.338. The van der Waals surface area contributed by atoms with E-state index in [0.717, 1.165) is 13.2 Å². The zero-order chi connectivity index (χ0) is 15.3. The highest BCUT2D eigenvalue weighted by atomic mass is 16.5. The monoisotopic (exact) mass is 301 g/mol. The summed E-state index contributed by atoms with van der Waals surface area (Å²) in [6, 6.07) is 21.8. The first kappa shape index (κ1) is 13.3. The third kappa shape index (κ3) is 1.95. The van der Waals surface area contributed by atoms with E-state index in [9.17, 15) is 0 Å². The molecule has 2 aliphatic rings. The summed E-state index contributed by atoms with van der Waals surface area (Å²) < 4.78 is 5.58. The minimum absolute atomic E-state index is 0.338. The standard InChI is InChI=1S/C21H19NO/c1-2-6-16-11-17(9-8-15(16)5-1)20-18(12-21(20)13-23-14-21)19-7-3-4-10-22-19/h1-11,18,20H,12-14H2/t18-,20-/m0/s1. The zero-order valence-corrected chi connectivity index (χ0v) is 13.0. The van der Waals surface area contributed by atoms with Crippen LogP contribution in [-0.2, 0) is 4.74 Å². The van der Waals surface area contributed by atoms with E-state index >= 15 is 0 Å². The van der Waals surface area contributed by atoms with Crippen molar-refractivity contribution >= 4 is 10.8 Å². The summed E-state index contributed by atoms with van der Waals surface area (Å²) >= 11 is 0. The van der Waals surface area contributed by atoms with Gasteiger partial charge in [-0.2, -0.15) is 0 Å². The Balaban J connectivity index is 1.58. The zero-order valence-electron chi connectivity index (χ0n) is 13.0. The molecule has 1 spiro atoms. The molecule has 0 N–H and O–H groups in total. The lowest BCUT2D eigenvalue weighted by atomic mass is 9.49. The van der Waals surface area contributed by atoms with Gasteiger partial charge in [-0.3, -0.25) is 4.98 Å². The quantitative estimate of drug-likeness (QED) is 0.694. The van der Waals surface area contributed by atoms with E-state index in [4.69, 9.17) is 4.74 Å². The van der Waals surface area contributed by atoms with Crippen LogP contribution in [0.25, 0.3) is 10.8 Å². The van der Waals surface area contributed by atoms with Gasteiger partial charge in [0.2, 0.25) is 0 Å². The molecule has 1 aromatic heterocycles. The van der Waals surface area contributed by atoms with Gasteiger partial charge in [0.15, 0.2) is 0 Å². The van der Waals surface area contributed by atoms with E-state index < -0.39 is 0 Å². The van der Waals surface area contributed by atoms with Crippen molar-refractivity contribution in [2.24, 2.45) is 5.41 Å². The molecule has 2 fully saturated rings. The molecular weight excluding hydrogens is 282 g/mol. The van der Waals surface area contributed by atoms with Crippen LogP contribution < -0.4 is 0 Å². The molecule has 1 aliphatic carbocycles. The summed E-state index contributed by atoms with van der Waals surface area (Å²) in [6.07, 6.45) is 3.11. The Morgan fingerprint density at radius 1 is 0.913 bits per heavy atom. The third-order valence-electron chi connectivity index (χ3n) is 5.67. The summed E-state index contributed by atoms with van der Waals surface area (Å²) in [7, 11) is 0. The molecule has 2 aromatic carbocycles. The van der Waals surface area contributed by atoms with Crippen molar-refractivity contribution in [1.29, 1.82) is 0 Å². The summed E-state index contributed by atoms with van der Waals surface area (Å²) in [5.41, 5.74) is 3.00. The Bertz CT molecular complexity index is 854. The molecule has 5 rings (SSSR count). The molecular formula is C21H19NO. The first-order valence-corrected chi connectivity index (χ1v) is 8.33. The first-order chi connectivity index (χ1) is 11.4. The number of hydrogen-bond acceptors (Lipinski definition) is 2. The Morgan fingerprint density at radius 3 is 2.48 bits per heavy atom. The maximum atomic E-state index is 5.58. The van der Waals surface area contributed by atoms with Gasteiger partial charge in [0.1, 0.15) is 0 Å². The molecule has 2 heteroatoms. The van der Waals surface area contributed by atoms with Gasteiger partial charge in [-0.15, -0.1) is 0 Å². The predicted octanol–water partition coefficient (Wildman–Crippen LogP) is 4.52. The number of benzene rings is 2. The van der Waals surface area contributed by atoms with Crippen molar-refractivity contribution in [1.82, 2.24) is 4.98 Å². The number of rotatable bonds is 2. The summed E-state index contributed by atoms with van der Waals surface area (Å²) in [6.45, 7) is 1.79. The lowest BCUT2D eigenvalue weighted by Gasteiger charge is -2.60. The Kier molecular flexibility index (Phi) is 2.83. The molecule has 1 saturated carbocycles. The van der Waals surface area contributed by atoms with Crippen molar-refractivity contribution in [2.75, 3.05) is 13.2 Å². The van der Waals surface area contributed by atoms with Gasteiger partial charge in [0.25, 0.3) is 0 Å². The largest absolute Gasteiger partial charge is 0.380 e. The number of hydrogen-bond donors (Lipinski definition) is 0. The summed E-state index contributed by atoms with van der Waals surface area (Å²) in [5.74, 6) is 1.04. The molecule has 114 valence electrons. The number of pyridine rings is 1. The minimum Gasteiger partial charge on any atom is -0.380 e. The fraction of sp³-hybridized carbons (Fsp3) is 0.286. The van der Waals surface area contributed by atoms with Crippen LogP contribution in [0.15, 0.2) is 66.9 Å². The van der Waals surface area contributed by atoms with Gasteiger partial charge < -0.3 is 4.74 Å². The smallest absolute Gasteiger partial charge is 0.0551 e. The predicted molar refractivity (Wildman–Crippen MR) is 91.5 cm³/mol. The van der Waals surface area contributed by atoms with Gasteiger partial charge in [-0.25, -0.2) is 0 Å². The molecule has 0 amide bonds. The molecule has 0 unspecified atom stereocenters. The second-order valence-electron chi connectivity index (χ2n) is 7.00. The molecule has 1 saturated heterocycles. The van der Waals surface area contributed by atoms with Crippen molar-refractivity contribution in [2.45, 2.75) is 18.3 Å². The highest BCUT2D eigenvalue weighted by molar-refractivity contribution is 5.83. The van der Waals surface area contributed by atoms with E-state index in [1.807, 2.05) is 12.3 Å². The highest BCUT2D eigenvalue weighted by Gasteiger charge is 2.59. The van der Waals surface area contributed by atoms with Crippen LogP contribution in [0.2, 0.25) is 0 Å². The average molecular weight is 301 g/mol. The van der Waals surface area contributed by atoms with Gasteiger partial charge in [-0.1, -0.05) is 48.5 Å². The molecule has 3 aromatic rings. The maximum absolute atomic E-state index is 5.58. The summed E-state index contributed by atoms with van der Waals surface area (Å²) in [4.78, 5) is 4.62. The van der Waals surface area contributed by atoms with Crippen LogP contribution in [0, 0.1) is 5.41 Å². The van der Waals surface area contributed by atoms with Crippen LogP contribution in [0.4, 0.5) is 0 Å². The van der Waals surface area contributed by atoms with Crippen molar-refractivity contribution in [3.05, 3.63) is 78.1 Å². The Labute approximate surface area is 136 Å². The fourth-order valence-electron chi connectivity index (χ4n) is 4.47. The van der Waals surface area contributed by atoms with Gasteiger partial charge in [0, 0.05) is 29.1 Å². The maximum Gasteiger partial charge on any atom is 0.0551 e. The average Bonchev–Trinajstić information content (AvgIpc) is 2.54. The third-order valence-corrected chi connectivity index (χ3v) is 5.67. The Hall–Kier alpha value is -2.19. The van der Waals surface area contributed by atoms with Gasteiger partial charge in [-0.05, 0) is 34.9 Å². The van der Waals surface area contributed by atoms with Crippen molar-refractivity contribution in [3.8, 4) is 0 Å². The molecule has 23 heavy (non-hydrogen) atoms. The van der Waals surface area contributed by atoms with Crippen LogP contribution >= 0.6 is 0 Å². The van der Waals surface area contributed by atoms with Gasteiger partial charge in [0.05, 0.1) is 13.2 Å². The topological polar surface area (TPSA) is 22.1 Å². The fourth-order valence-corrected chi connectivity index (χ4v) is 4.47. The molecule has 2 atom stereocenters. The molecule has 2 heterocycles. The lowest BCUT2D eigenvalue weighted by Crippen LogP contribution is -2.57. The van der Waals surface area contributed by atoms with E-state index in [2.05, 4.69) is 59.6 Å². The van der Waals surface area contributed by atoms with E-state index in [1.54, 1.807) is 0 Å². The van der Waals surface area contributed by atoms with E-state index in [-0.39, 0.29) is 0 Å². The number of fused-ring (bicyclic) bond motifs is 1. The van der Waals surface area contributed by atoms with Crippen LogP contribution in [-0.4, -0.2) is 18.2 Å². The second-order valence-corrected chi connectivity index (χ2v) is 7.00. The normalized spacial score (nSPS) is 25.0. The van der Waals surface area contributed by atoms with Crippen molar-refractivity contribution < 1.29 is 4.74 Å². The van der Waals surface area contributed by atoms with E-state index in [1.165, 1.54) is 28.5 Å². The highest BCUT2D eigenvalue weighted by Crippen LogP contribution is 2.64. The van der Waals surface area contributed by atoms with Crippen LogP contribution in [0.3, 0.4) is 0 Å². The van der Waals surface area contributed by atoms with Crippen molar-refractivity contribution in [3.63, 3.8) is 0 Å². The summed E-state index contributed by atoms with van der Waals surface area (Å²) in [5, 5.41) is 2.64.